The predicted molar refractivity (Wildman–Crippen MR) is 93.3 cm³/mol. The van der Waals surface area contributed by atoms with Gasteiger partial charge in [-0.3, -0.25) is 4.79 Å². The molecule has 0 heterocycles. The van der Waals surface area contributed by atoms with E-state index in [0.717, 1.165) is 38.5 Å². The second-order valence-corrected chi connectivity index (χ2v) is 9.94. The number of ketones is 1. The van der Waals surface area contributed by atoms with Crippen LogP contribution in [0.2, 0.25) is 0 Å². The fourth-order valence-electron chi connectivity index (χ4n) is 7.86. The minimum absolute atomic E-state index is 0.0529. The third-order valence-corrected chi connectivity index (χ3v) is 9.24. The van der Waals surface area contributed by atoms with Crippen molar-refractivity contribution >= 4 is 5.78 Å². The van der Waals surface area contributed by atoms with Gasteiger partial charge in [0.25, 0.3) is 0 Å². The third kappa shape index (κ3) is 2.13. The summed E-state index contributed by atoms with van der Waals surface area (Å²) in [6, 6.07) is 0. The average molecular weight is 335 g/mol. The van der Waals surface area contributed by atoms with E-state index in [1.165, 1.54) is 12.8 Å². The zero-order chi connectivity index (χ0) is 17.3. The van der Waals surface area contributed by atoms with Crippen LogP contribution in [0.1, 0.15) is 72.1 Å². The van der Waals surface area contributed by atoms with Crippen LogP contribution in [0.15, 0.2) is 0 Å². The molecule has 0 spiro atoms. The normalized spacial score (nSPS) is 57.0. The molecule has 0 radical (unpaired) electrons. The van der Waals surface area contributed by atoms with Gasteiger partial charge in [0.1, 0.15) is 5.78 Å². The lowest BCUT2D eigenvalue weighted by Crippen LogP contribution is -2.58. The Morgan fingerprint density at radius 3 is 2.42 bits per heavy atom. The van der Waals surface area contributed by atoms with Crippen molar-refractivity contribution in [2.45, 2.75) is 84.3 Å². The molecule has 0 unspecified atom stereocenters. The fourth-order valence-corrected chi connectivity index (χ4v) is 7.86. The molecule has 3 heteroatoms. The molecular weight excluding hydrogens is 300 g/mol. The van der Waals surface area contributed by atoms with Crippen molar-refractivity contribution in [2.75, 3.05) is 0 Å². The Morgan fingerprint density at radius 1 is 0.958 bits per heavy atom. The molecule has 3 nitrogen and oxygen atoms in total. The summed E-state index contributed by atoms with van der Waals surface area (Å²) in [6.45, 7) is 6.36. The van der Waals surface area contributed by atoms with Crippen molar-refractivity contribution in [2.24, 2.45) is 40.4 Å². The van der Waals surface area contributed by atoms with Crippen molar-refractivity contribution in [3.8, 4) is 0 Å². The predicted octanol–water partition coefficient (Wildman–Crippen LogP) is 3.57. The van der Waals surface area contributed by atoms with Crippen LogP contribution in [-0.4, -0.2) is 28.2 Å². The van der Waals surface area contributed by atoms with Crippen molar-refractivity contribution in [1.82, 2.24) is 0 Å². The van der Waals surface area contributed by atoms with E-state index in [0.29, 0.717) is 23.7 Å². The summed E-state index contributed by atoms with van der Waals surface area (Å²) in [4.78, 5) is 12.2. The lowest BCUT2D eigenvalue weighted by molar-refractivity contribution is -0.173. The van der Waals surface area contributed by atoms with Crippen LogP contribution in [0.25, 0.3) is 0 Å². The maximum Gasteiger partial charge on any atom is 0.133 e. The summed E-state index contributed by atoms with van der Waals surface area (Å²) in [6.07, 6.45) is 7.92. The Labute approximate surface area is 146 Å². The summed E-state index contributed by atoms with van der Waals surface area (Å²) >= 11 is 0. The van der Waals surface area contributed by atoms with Gasteiger partial charge in [0.2, 0.25) is 0 Å². The minimum Gasteiger partial charge on any atom is -0.393 e. The highest BCUT2D eigenvalue weighted by atomic mass is 16.3. The van der Waals surface area contributed by atoms with Crippen LogP contribution in [0.4, 0.5) is 0 Å². The molecule has 4 aliphatic rings. The molecule has 0 aliphatic heterocycles. The fraction of sp³-hybridized carbons (Fsp3) is 0.952. The number of aliphatic hydroxyl groups is 2. The van der Waals surface area contributed by atoms with Gasteiger partial charge in [-0.15, -0.1) is 0 Å². The number of carbonyl (C=O) groups is 1. The van der Waals surface area contributed by atoms with Gasteiger partial charge >= 0.3 is 0 Å². The number of carbonyl (C=O) groups excluding carboxylic acids is 1. The highest BCUT2D eigenvalue weighted by Crippen LogP contribution is 2.67. The quantitative estimate of drug-likeness (QED) is 0.771. The van der Waals surface area contributed by atoms with Crippen molar-refractivity contribution in [3.63, 3.8) is 0 Å². The molecule has 0 amide bonds. The monoisotopic (exact) mass is 334 g/mol. The second-order valence-electron chi connectivity index (χ2n) is 9.94. The summed E-state index contributed by atoms with van der Waals surface area (Å²) in [5.74, 6) is 2.69. The van der Waals surface area contributed by atoms with E-state index in [4.69, 9.17) is 0 Å². The Balaban J connectivity index is 1.66. The van der Waals surface area contributed by atoms with Crippen LogP contribution in [0.5, 0.6) is 0 Å². The standard InChI is InChI=1S/C21H34O3/c1-12(22)16-6-7-17-15-5-4-13-10-14(23)8-9-20(13,2)18(15)11-19(24)21(16,17)3/h13-19,23-24H,4-11H2,1-3H3/t13-,14-,15+,16-,17+,18+,19+,20-,21-/m0/s1. The maximum atomic E-state index is 12.2. The zero-order valence-electron chi connectivity index (χ0n) is 15.5. The highest BCUT2D eigenvalue weighted by Gasteiger charge is 2.63. The number of rotatable bonds is 1. The van der Waals surface area contributed by atoms with Gasteiger partial charge in [-0.2, -0.15) is 0 Å². The Morgan fingerprint density at radius 2 is 1.71 bits per heavy atom. The molecule has 4 fully saturated rings. The van der Waals surface area contributed by atoms with Crippen molar-refractivity contribution in [1.29, 1.82) is 0 Å². The third-order valence-electron chi connectivity index (χ3n) is 9.24. The van der Waals surface area contributed by atoms with E-state index < -0.39 is 0 Å². The van der Waals surface area contributed by atoms with Gasteiger partial charge in [-0.25, -0.2) is 0 Å². The first-order valence-electron chi connectivity index (χ1n) is 10.1. The topological polar surface area (TPSA) is 57.5 Å². The van der Waals surface area contributed by atoms with Crippen LogP contribution in [-0.2, 0) is 4.79 Å². The number of hydrogen-bond acceptors (Lipinski definition) is 3. The minimum atomic E-state index is -0.345. The lowest BCUT2D eigenvalue weighted by Gasteiger charge is -2.62. The first kappa shape index (κ1) is 17.0. The van der Waals surface area contributed by atoms with Crippen LogP contribution >= 0.6 is 0 Å². The van der Waals surface area contributed by atoms with Crippen molar-refractivity contribution < 1.29 is 15.0 Å². The Hall–Kier alpha value is -0.410. The molecule has 0 saturated heterocycles. The second kappa shape index (κ2) is 5.54. The first-order chi connectivity index (χ1) is 11.3. The van der Waals surface area contributed by atoms with Crippen LogP contribution in [0, 0.1) is 40.4 Å². The molecule has 136 valence electrons. The van der Waals surface area contributed by atoms with E-state index in [2.05, 4.69) is 13.8 Å². The van der Waals surface area contributed by atoms with Crippen LogP contribution in [0.3, 0.4) is 0 Å². The summed E-state index contributed by atoms with van der Waals surface area (Å²) < 4.78 is 0. The molecule has 2 N–H and O–H groups in total. The zero-order valence-corrected chi connectivity index (χ0v) is 15.5. The summed E-state index contributed by atoms with van der Waals surface area (Å²) in [5.41, 5.74) is 0.0726. The smallest absolute Gasteiger partial charge is 0.133 e. The van der Waals surface area contributed by atoms with Gasteiger partial charge in [0, 0.05) is 11.3 Å². The van der Waals surface area contributed by atoms with E-state index in [-0.39, 0.29) is 34.7 Å². The van der Waals surface area contributed by atoms with E-state index >= 15 is 0 Å². The average Bonchev–Trinajstić information content (AvgIpc) is 2.88. The van der Waals surface area contributed by atoms with Gasteiger partial charge in [-0.05, 0) is 87.4 Å². The molecule has 4 saturated carbocycles. The van der Waals surface area contributed by atoms with Crippen LogP contribution < -0.4 is 0 Å². The molecule has 9 atom stereocenters. The molecular formula is C21H34O3. The van der Waals surface area contributed by atoms with Crippen molar-refractivity contribution in [3.05, 3.63) is 0 Å². The number of Topliss-reactive ketones (excluding diaryl/α,β-unsaturated/α-hetero) is 1. The Kier molecular flexibility index (Phi) is 3.93. The van der Waals surface area contributed by atoms with Gasteiger partial charge < -0.3 is 10.2 Å². The highest BCUT2D eigenvalue weighted by molar-refractivity contribution is 5.79. The number of fused-ring (bicyclic) bond motifs is 5. The van der Waals surface area contributed by atoms with E-state index in [1.807, 2.05) is 0 Å². The van der Waals surface area contributed by atoms with Gasteiger partial charge in [-0.1, -0.05) is 13.8 Å². The lowest BCUT2D eigenvalue weighted by atomic mass is 9.44. The molecule has 4 aliphatic carbocycles. The van der Waals surface area contributed by atoms with Gasteiger partial charge in [0.15, 0.2) is 0 Å². The van der Waals surface area contributed by atoms with E-state index in [1.54, 1.807) is 6.92 Å². The van der Waals surface area contributed by atoms with E-state index in [9.17, 15) is 15.0 Å². The molecule has 0 aromatic heterocycles. The number of hydrogen-bond donors (Lipinski definition) is 2. The Bertz CT molecular complexity index is 531. The number of aliphatic hydroxyl groups excluding tert-OH is 2. The first-order valence-corrected chi connectivity index (χ1v) is 10.1. The maximum absolute atomic E-state index is 12.2. The molecule has 0 aromatic carbocycles. The summed E-state index contributed by atoms with van der Waals surface area (Å²) in [5, 5.41) is 21.3. The molecule has 0 bridgehead atoms. The molecule has 0 aromatic rings. The molecule has 24 heavy (non-hydrogen) atoms. The van der Waals surface area contributed by atoms with Gasteiger partial charge in [0.05, 0.1) is 12.2 Å². The summed E-state index contributed by atoms with van der Waals surface area (Å²) in [7, 11) is 0. The SMILES string of the molecule is CC(=O)[C@@H]1CC[C@@H]2[C@H]3CC[C@H]4C[C@@H](O)CC[C@]4(C)[C@@H]3C[C@@H](O)[C@]21C. The largest absolute Gasteiger partial charge is 0.393 e. The molecule has 4 rings (SSSR count).